The average molecular weight is 450 g/mol. The molecule has 0 aliphatic carbocycles. The Labute approximate surface area is 181 Å². The zero-order valence-corrected chi connectivity index (χ0v) is 18.6. The number of aromatic nitrogens is 1. The van der Waals surface area contributed by atoms with Crippen LogP contribution in [0.5, 0.6) is 0 Å². The fourth-order valence-electron chi connectivity index (χ4n) is 3.36. The summed E-state index contributed by atoms with van der Waals surface area (Å²) in [6.45, 7) is 5.79. The van der Waals surface area contributed by atoms with E-state index in [-0.39, 0.29) is 23.8 Å². The monoisotopic (exact) mass is 449 g/mol. The van der Waals surface area contributed by atoms with E-state index in [0.29, 0.717) is 24.5 Å². The molecule has 0 unspecified atom stereocenters. The van der Waals surface area contributed by atoms with Crippen molar-refractivity contribution in [2.24, 2.45) is 5.92 Å². The molecule has 10 heteroatoms. The number of hydrogen-bond donors (Lipinski definition) is 1. The van der Waals surface area contributed by atoms with Crippen molar-refractivity contribution < 1.29 is 27.3 Å². The number of rotatable bonds is 7. The van der Waals surface area contributed by atoms with Crippen molar-refractivity contribution in [3.63, 3.8) is 0 Å². The molecule has 1 aliphatic rings. The summed E-state index contributed by atoms with van der Waals surface area (Å²) in [6.07, 6.45) is 0.679. The van der Waals surface area contributed by atoms with Crippen molar-refractivity contribution >= 4 is 27.7 Å². The standard InChI is InChI=1S/C21H27N3O6S/c1-14(2)16-4-6-18(7-5-16)31(27,28)24-10-8-17(9-11-24)21(26)29-13-20(25)22-19-12-15(3)30-23-19/h4-7,12,14,17H,8-11,13H2,1-3H3,(H,22,23,25). The number of hydrogen-bond acceptors (Lipinski definition) is 7. The Morgan fingerprint density at radius 2 is 1.87 bits per heavy atom. The van der Waals surface area contributed by atoms with Crippen LogP contribution in [0, 0.1) is 12.8 Å². The molecule has 1 aromatic carbocycles. The maximum absolute atomic E-state index is 12.9. The van der Waals surface area contributed by atoms with Crippen LogP contribution in [0.1, 0.15) is 43.9 Å². The van der Waals surface area contributed by atoms with Gasteiger partial charge >= 0.3 is 5.97 Å². The fraction of sp³-hybridized carbons (Fsp3) is 0.476. The highest BCUT2D eigenvalue weighted by atomic mass is 32.2. The first-order valence-corrected chi connectivity index (χ1v) is 11.6. The van der Waals surface area contributed by atoms with Crippen molar-refractivity contribution in [3.8, 4) is 0 Å². The molecule has 0 radical (unpaired) electrons. The number of anilines is 1. The smallest absolute Gasteiger partial charge is 0.309 e. The number of nitrogens with zero attached hydrogens (tertiary/aromatic N) is 2. The molecule has 31 heavy (non-hydrogen) atoms. The van der Waals surface area contributed by atoms with Crippen molar-refractivity contribution in [1.29, 1.82) is 0 Å². The highest BCUT2D eigenvalue weighted by molar-refractivity contribution is 7.89. The van der Waals surface area contributed by atoms with Crippen LogP contribution < -0.4 is 5.32 Å². The topological polar surface area (TPSA) is 119 Å². The fourth-order valence-corrected chi connectivity index (χ4v) is 4.83. The predicted molar refractivity (Wildman–Crippen MR) is 113 cm³/mol. The summed E-state index contributed by atoms with van der Waals surface area (Å²) < 4.78 is 37.1. The normalized spacial score (nSPS) is 15.7. The average Bonchev–Trinajstić information content (AvgIpc) is 3.16. The highest BCUT2D eigenvalue weighted by Gasteiger charge is 2.33. The Morgan fingerprint density at radius 3 is 2.42 bits per heavy atom. The largest absolute Gasteiger partial charge is 0.455 e. The maximum Gasteiger partial charge on any atom is 0.309 e. The van der Waals surface area contributed by atoms with E-state index in [9.17, 15) is 18.0 Å². The van der Waals surface area contributed by atoms with E-state index in [2.05, 4.69) is 10.5 Å². The number of carbonyl (C=O) groups is 2. The van der Waals surface area contributed by atoms with Crippen molar-refractivity contribution in [2.75, 3.05) is 25.0 Å². The third-order valence-corrected chi connectivity index (χ3v) is 7.13. The SMILES string of the molecule is Cc1cc(NC(=O)COC(=O)C2CCN(S(=O)(=O)c3ccc(C(C)C)cc3)CC2)no1. The lowest BCUT2D eigenvalue weighted by molar-refractivity contribution is -0.152. The molecule has 1 aliphatic heterocycles. The minimum atomic E-state index is -3.61. The third kappa shape index (κ3) is 5.71. The van der Waals surface area contributed by atoms with Gasteiger partial charge in [-0.2, -0.15) is 4.31 Å². The molecule has 1 N–H and O–H groups in total. The Hall–Kier alpha value is -2.72. The van der Waals surface area contributed by atoms with Gasteiger partial charge < -0.3 is 14.6 Å². The molecule has 9 nitrogen and oxygen atoms in total. The van der Waals surface area contributed by atoms with Gasteiger partial charge in [-0.1, -0.05) is 31.1 Å². The molecular formula is C21H27N3O6S. The van der Waals surface area contributed by atoms with Gasteiger partial charge in [-0.3, -0.25) is 9.59 Å². The molecule has 0 atom stereocenters. The first kappa shape index (κ1) is 23.0. The summed E-state index contributed by atoms with van der Waals surface area (Å²) in [5, 5.41) is 6.10. The number of carbonyl (C=O) groups excluding carboxylic acids is 2. The number of esters is 1. The van der Waals surface area contributed by atoms with Gasteiger partial charge in [0, 0.05) is 19.2 Å². The molecule has 3 rings (SSSR count). The lowest BCUT2D eigenvalue weighted by Crippen LogP contribution is -2.40. The molecular weight excluding hydrogens is 422 g/mol. The van der Waals surface area contributed by atoms with Gasteiger partial charge in [0.25, 0.3) is 5.91 Å². The third-order valence-electron chi connectivity index (χ3n) is 5.21. The van der Waals surface area contributed by atoms with Gasteiger partial charge in [-0.25, -0.2) is 8.42 Å². The van der Waals surface area contributed by atoms with E-state index in [4.69, 9.17) is 9.26 Å². The molecule has 0 spiro atoms. The number of benzene rings is 1. The molecule has 168 valence electrons. The second kappa shape index (κ2) is 9.61. The molecule has 0 bridgehead atoms. The van der Waals surface area contributed by atoms with Crippen molar-refractivity contribution in [1.82, 2.24) is 9.46 Å². The molecule has 1 aromatic heterocycles. The van der Waals surface area contributed by atoms with Gasteiger partial charge in [0.1, 0.15) is 5.76 Å². The molecule has 2 aromatic rings. The van der Waals surface area contributed by atoms with Gasteiger partial charge in [-0.15, -0.1) is 0 Å². The first-order valence-electron chi connectivity index (χ1n) is 10.2. The van der Waals surface area contributed by atoms with E-state index >= 15 is 0 Å². The Balaban J connectivity index is 1.49. The van der Waals surface area contributed by atoms with Crippen LogP contribution in [0.3, 0.4) is 0 Å². The summed E-state index contributed by atoms with van der Waals surface area (Å²) >= 11 is 0. The van der Waals surface area contributed by atoms with Crippen LogP contribution in [-0.2, 0) is 24.3 Å². The van der Waals surface area contributed by atoms with Crippen LogP contribution in [-0.4, -0.2) is 49.5 Å². The molecule has 1 amide bonds. The van der Waals surface area contributed by atoms with E-state index < -0.39 is 34.4 Å². The maximum atomic E-state index is 12.9. The molecule has 0 saturated carbocycles. The van der Waals surface area contributed by atoms with Gasteiger partial charge in [0.15, 0.2) is 12.4 Å². The summed E-state index contributed by atoms with van der Waals surface area (Å²) in [6, 6.07) is 8.45. The predicted octanol–water partition coefficient (Wildman–Crippen LogP) is 2.69. The highest BCUT2D eigenvalue weighted by Crippen LogP contribution is 2.26. The summed E-state index contributed by atoms with van der Waals surface area (Å²) in [5.41, 5.74) is 1.07. The van der Waals surface area contributed by atoms with Crippen LogP contribution in [0.25, 0.3) is 0 Å². The second-order valence-electron chi connectivity index (χ2n) is 7.88. The van der Waals surface area contributed by atoms with E-state index in [1.54, 1.807) is 25.1 Å². The Kier molecular flexibility index (Phi) is 7.11. The lowest BCUT2D eigenvalue weighted by Gasteiger charge is -2.30. The van der Waals surface area contributed by atoms with E-state index in [1.807, 2.05) is 26.0 Å². The number of ether oxygens (including phenoxy) is 1. The van der Waals surface area contributed by atoms with Gasteiger partial charge in [-0.05, 0) is 43.4 Å². The minimum Gasteiger partial charge on any atom is -0.455 e. The van der Waals surface area contributed by atoms with Crippen molar-refractivity contribution in [3.05, 3.63) is 41.7 Å². The zero-order valence-electron chi connectivity index (χ0n) is 17.8. The number of aryl methyl sites for hydroxylation is 1. The summed E-state index contributed by atoms with van der Waals surface area (Å²) in [7, 11) is -3.61. The van der Waals surface area contributed by atoms with E-state index in [0.717, 1.165) is 5.56 Å². The number of nitrogens with one attached hydrogen (secondary N) is 1. The summed E-state index contributed by atoms with van der Waals surface area (Å²) in [4.78, 5) is 24.4. The number of amides is 1. The van der Waals surface area contributed by atoms with Gasteiger partial charge in [0.2, 0.25) is 10.0 Å². The van der Waals surface area contributed by atoms with Gasteiger partial charge in [0.05, 0.1) is 10.8 Å². The van der Waals surface area contributed by atoms with Crippen LogP contribution in [0.2, 0.25) is 0 Å². The Morgan fingerprint density at radius 1 is 1.23 bits per heavy atom. The number of piperidine rings is 1. The second-order valence-corrected chi connectivity index (χ2v) is 9.82. The molecule has 1 fully saturated rings. The molecule has 2 heterocycles. The lowest BCUT2D eigenvalue weighted by atomic mass is 9.98. The van der Waals surface area contributed by atoms with Crippen LogP contribution in [0.15, 0.2) is 39.8 Å². The van der Waals surface area contributed by atoms with Crippen LogP contribution >= 0.6 is 0 Å². The summed E-state index contributed by atoms with van der Waals surface area (Å²) in [5.74, 6) is -0.364. The first-order chi connectivity index (χ1) is 14.7. The van der Waals surface area contributed by atoms with E-state index in [1.165, 1.54) is 4.31 Å². The quantitative estimate of drug-likeness (QED) is 0.646. The number of sulfonamides is 1. The van der Waals surface area contributed by atoms with Crippen LogP contribution in [0.4, 0.5) is 5.82 Å². The van der Waals surface area contributed by atoms with Crippen molar-refractivity contribution in [2.45, 2.75) is 44.4 Å². The minimum absolute atomic E-state index is 0.221. The zero-order chi connectivity index (χ0) is 22.6. The molecule has 1 saturated heterocycles. The Bertz CT molecular complexity index is 1020.